The molecule has 0 aliphatic carbocycles. The van der Waals surface area contributed by atoms with Crippen LogP contribution in [0.25, 0.3) is 0 Å². The van der Waals surface area contributed by atoms with E-state index in [9.17, 15) is 0 Å². The van der Waals surface area contributed by atoms with Crippen LogP contribution in [0.1, 0.15) is 19.8 Å². The Morgan fingerprint density at radius 1 is 1.50 bits per heavy atom. The lowest BCUT2D eigenvalue weighted by Crippen LogP contribution is -2.10. The molecule has 0 fully saturated rings. The second-order valence-corrected chi connectivity index (χ2v) is 2.25. The van der Waals surface area contributed by atoms with E-state index < -0.39 is 0 Å². The lowest BCUT2D eigenvalue weighted by Gasteiger charge is -2.10. The van der Waals surface area contributed by atoms with E-state index in [0.29, 0.717) is 6.79 Å². The standard InChI is InChI=1S/C7H16O3/c1-7(4-3-5-8)10-6-9-2/h7-8H,3-6H2,1-2H3. The zero-order valence-electron chi connectivity index (χ0n) is 6.67. The Kier molecular flexibility index (Phi) is 6.91. The fourth-order valence-corrected chi connectivity index (χ4v) is 0.646. The molecule has 0 bridgehead atoms. The molecule has 1 N–H and O–H groups in total. The summed E-state index contributed by atoms with van der Waals surface area (Å²) in [5.41, 5.74) is 0. The maximum atomic E-state index is 8.45. The molecule has 0 saturated heterocycles. The van der Waals surface area contributed by atoms with Crippen LogP contribution in [-0.4, -0.2) is 31.7 Å². The predicted octanol–water partition coefficient (Wildman–Crippen LogP) is 0.768. The minimum atomic E-state index is 0.187. The average Bonchev–Trinajstić information content (AvgIpc) is 1.97. The summed E-state index contributed by atoms with van der Waals surface area (Å²) in [6.07, 6.45) is 1.87. The molecule has 0 aliphatic heterocycles. The van der Waals surface area contributed by atoms with Crippen molar-refractivity contribution in [3.05, 3.63) is 0 Å². The SMILES string of the molecule is COCOC(C)CCCO. The summed E-state index contributed by atoms with van der Waals surface area (Å²) < 4.78 is 9.87. The number of methoxy groups -OCH3 is 1. The fraction of sp³-hybridized carbons (Fsp3) is 1.00. The van der Waals surface area contributed by atoms with Crippen LogP contribution < -0.4 is 0 Å². The maximum absolute atomic E-state index is 8.45. The zero-order valence-corrected chi connectivity index (χ0v) is 6.67. The second kappa shape index (κ2) is 6.99. The van der Waals surface area contributed by atoms with Gasteiger partial charge >= 0.3 is 0 Å². The lowest BCUT2D eigenvalue weighted by molar-refractivity contribution is -0.0685. The van der Waals surface area contributed by atoms with E-state index in [1.165, 1.54) is 0 Å². The molecule has 0 radical (unpaired) electrons. The number of aliphatic hydroxyl groups excluding tert-OH is 1. The van der Waals surface area contributed by atoms with Crippen LogP contribution >= 0.6 is 0 Å². The number of hydrogen-bond acceptors (Lipinski definition) is 3. The summed E-state index contributed by atoms with van der Waals surface area (Å²) in [5.74, 6) is 0. The van der Waals surface area contributed by atoms with Crippen molar-refractivity contribution in [2.75, 3.05) is 20.5 Å². The van der Waals surface area contributed by atoms with Crippen molar-refractivity contribution in [2.24, 2.45) is 0 Å². The predicted molar refractivity (Wildman–Crippen MR) is 38.7 cm³/mol. The van der Waals surface area contributed by atoms with Crippen molar-refractivity contribution in [1.82, 2.24) is 0 Å². The highest BCUT2D eigenvalue weighted by atomic mass is 16.7. The second-order valence-electron chi connectivity index (χ2n) is 2.25. The van der Waals surface area contributed by atoms with Crippen LogP contribution in [0.15, 0.2) is 0 Å². The van der Waals surface area contributed by atoms with Crippen molar-refractivity contribution < 1.29 is 14.6 Å². The molecule has 0 aromatic carbocycles. The summed E-state index contributed by atoms with van der Waals surface area (Å²) in [4.78, 5) is 0. The zero-order chi connectivity index (χ0) is 7.82. The average molecular weight is 148 g/mol. The monoisotopic (exact) mass is 148 g/mol. The van der Waals surface area contributed by atoms with Crippen LogP contribution in [-0.2, 0) is 9.47 Å². The molecule has 0 spiro atoms. The first-order chi connectivity index (χ1) is 4.81. The molecule has 1 atom stereocenters. The van der Waals surface area contributed by atoms with E-state index in [1.54, 1.807) is 7.11 Å². The quantitative estimate of drug-likeness (QED) is 0.565. The summed E-state index contributed by atoms with van der Waals surface area (Å²) in [7, 11) is 1.60. The number of hydrogen-bond donors (Lipinski definition) is 1. The van der Waals surface area contributed by atoms with Crippen LogP contribution in [0.5, 0.6) is 0 Å². The van der Waals surface area contributed by atoms with E-state index in [4.69, 9.17) is 14.6 Å². The first-order valence-electron chi connectivity index (χ1n) is 3.52. The van der Waals surface area contributed by atoms with Gasteiger partial charge in [-0.2, -0.15) is 0 Å². The Morgan fingerprint density at radius 3 is 2.70 bits per heavy atom. The van der Waals surface area contributed by atoms with Crippen molar-refractivity contribution >= 4 is 0 Å². The van der Waals surface area contributed by atoms with E-state index in [1.807, 2.05) is 6.92 Å². The number of aliphatic hydroxyl groups is 1. The fourth-order valence-electron chi connectivity index (χ4n) is 0.646. The van der Waals surface area contributed by atoms with Crippen LogP contribution in [0.4, 0.5) is 0 Å². The molecule has 0 saturated carbocycles. The van der Waals surface area contributed by atoms with Crippen molar-refractivity contribution in [1.29, 1.82) is 0 Å². The maximum Gasteiger partial charge on any atom is 0.146 e. The molecule has 3 nitrogen and oxygen atoms in total. The Balaban J connectivity index is 3.00. The van der Waals surface area contributed by atoms with Gasteiger partial charge in [0.1, 0.15) is 6.79 Å². The molecule has 0 aromatic rings. The molecule has 0 aromatic heterocycles. The van der Waals surface area contributed by atoms with Gasteiger partial charge < -0.3 is 14.6 Å². The van der Waals surface area contributed by atoms with Gasteiger partial charge in [0.25, 0.3) is 0 Å². The van der Waals surface area contributed by atoms with E-state index in [-0.39, 0.29) is 12.7 Å². The van der Waals surface area contributed by atoms with Gasteiger partial charge in [-0.15, -0.1) is 0 Å². The highest BCUT2D eigenvalue weighted by Crippen LogP contribution is 1.99. The van der Waals surface area contributed by atoms with Gasteiger partial charge in [0.2, 0.25) is 0 Å². The normalized spacial score (nSPS) is 13.5. The molecular formula is C7H16O3. The first kappa shape index (κ1) is 9.88. The summed E-state index contributed by atoms with van der Waals surface area (Å²) in [6.45, 7) is 2.54. The third kappa shape index (κ3) is 6.01. The topological polar surface area (TPSA) is 38.7 Å². The van der Waals surface area contributed by atoms with Crippen LogP contribution in [0, 0.1) is 0 Å². The highest BCUT2D eigenvalue weighted by Gasteiger charge is 1.99. The van der Waals surface area contributed by atoms with Gasteiger partial charge in [0, 0.05) is 13.7 Å². The molecule has 1 unspecified atom stereocenters. The Labute approximate surface area is 62.0 Å². The van der Waals surface area contributed by atoms with E-state index in [2.05, 4.69) is 0 Å². The molecule has 0 amide bonds. The van der Waals surface area contributed by atoms with Crippen LogP contribution in [0.3, 0.4) is 0 Å². The van der Waals surface area contributed by atoms with Crippen LogP contribution in [0.2, 0.25) is 0 Å². The highest BCUT2D eigenvalue weighted by molar-refractivity contribution is 4.47. The van der Waals surface area contributed by atoms with E-state index >= 15 is 0 Å². The first-order valence-corrected chi connectivity index (χ1v) is 3.52. The van der Waals surface area contributed by atoms with Crippen molar-refractivity contribution in [3.63, 3.8) is 0 Å². The molecule has 0 aliphatic rings. The van der Waals surface area contributed by atoms with Crippen molar-refractivity contribution in [3.8, 4) is 0 Å². The molecular weight excluding hydrogens is 132 g/mol. The third-order valence-corrected chi connectivity index (χ3v) is 1.24. The number of rotatable bonds is 6. The smallest absolute Gasteiger partial charge is 0.146 e. The minimum Gasteiger partial charge on any atom is -0.396 e. The molecule has 62 valence electrons. The Morgan fingerprint density at radius 2 is 2.20 bits per heavy atom. The number of ether oxygens (including phenoxy) is 2. The minimum absolute atomic E-state index is 0.187. The Hall–Kier alpha value is -0.120. The van der Waals surface area contributed by atoms with Gasteiger partial charge in [0.05, 0.1) is 6.10 Å². The summed E-state index contributed by atoms with van der Waals surface area (Å²) in [5, 5.41) is 8.45. The van der Waals surface area contributed by atoms with Gasteiger partial charge in [-0.05, 0) is 19.8 Å². The van der Waals surface area contributed by atoms with Gasteiger partial charge in [-0.25, -0.2) is 0 Å². The summed E-state index contributed by atoms with van der Waals surface area (Å²) in [6, 6.07) is 0. The van der Waals surface area contributed by atoms with Gasteiger partial charge in [-0.1, -0.05) is 0 Å². The largest absolute Gasteiger partial charge is 0.396 e. The lowest BCUT2D eigenvalue weighted by atomic mass is 10.2. The molecule has 0 heterocycles. The molecule has 10 heavy (non-hydrogen) atoms. The Bertz CT molecular complexity index is 57.9. The third-order valence-electron chi connectivity index (χ3n) is 1.24. The molecule has 3 heteroatoms. The molecule has 0 rings (SSSR count). The summed E-state index contributed by atoms with van der Waals surface area (Å²) >= 11 is 0. The van der Waals surface area contributed by atoms with Gasteiger partial charge in [-0.3, -0.25) is 0 Å². The van der Waals surface area contributed by atoms with Gasteiger partial charge in [0.15, 0.2) is 0 Å². The van der Waals surface area contributed by atoms with E-state index in [0.717, 1.165) is 12.8 Å². The van der Waals surface area contributed by atoms with Crippen molar-refractivity contribution in [2.45, 2.75) is 25.9 Å².